The number of nitrogens with one attached hydrogen (secondary N) is 2. The maximum Gasteiger partial charge on any atom is 0.127 e. The van der Waals surface area contributed by atoms with E-state index < -0.39 is 0 Å². The van der Waals surface area contributed by atoms with Gasteiger partial charge in [0, 0.05) is 30.5 Å². The van der Waals surface area contributed by atoms with Gasteiger partial charge in [-0.1, -0.05) is 18.2 Å². The van der Waals surface area contributed by atoms with Crippen LogP contribution in [-0.4, -0.2) is 9.97 Å². The van der Waals surface area contributed by atoms with Crippen molar-refractivity contribution in [3.63, 3.8) is 0 Å². The summed E-state index contributed by atoms with van der Waals surface area (Å²) in [6, 6.07) is 6.76. The lowest BCUT2D eigenvalue weighted by Gasteiger charge is -2.04. The minimum Gasteiger partial charge on any atom is -0.347 e. The first kappa shape index (κ1) is 9.86. The van der Waals surface area contributed by atoms with Crippen molar-refractivity contribution in [2.45, 2.75) is 13.1 Å². The summed E-state index contributed by atoms with van der Waals surface area (Å²) < 4.78 is 13.2. The summed E-state index contributed by atoms with van der Waals surface area (Å²) in [5.41, 5.74) is 1.67. The summed E-state index contributed by atoms with van der Waals surface area (Å²) >= 11 is 0. The van der Waals surface area contributed by atoms with Crippen LogP contribution in [0.4, 0.5) is 4.39 Å². The van der Waals surface area contributed by atoms with Crippen LogP contribution in [0.3, 0.4) is 0 Å². The first-order valence-corrected chi connectivity index (χ1v) is 4.77. The summed E-state index contributed by atoms with van der Waals surface area (Å²) in [5.74, 6) is -0.172. The van der Waals surface area contributed by atoms with E-state index in [1.54, 1.807) is 24.7 Å². The Morgan fingerprint density at radius 2 is 2.13 bits per heavy atom. The van der Waals surface area contributed by atoms with Gasteiger partial charge in [-0.15, -0.1) is 0 Å². The molecule has 0 amide bonds. The van der Waals surface area contributed by atoms with E-state index in [2.05, 4.69) is 15.3 Å². The van der Waals surface area contributed by atoms with Crippen LogP contribution < -0.4 is 5.32 Å². The molecular formula is C11H12FN3. The van der Waals surface area contributed by atoms with Gasteiger partial charge < -0.3 is 10.3 Å². The zero-order valence-corrected chi connectivity index (χ0v) is 8.20. The highest BCUT2D eigenvalue weighted by Gasteiger charge is 1.99. The molecule has 0 bridgehead atoms. The number of imidazole rings is 1. The van der Waals surface area contributed by atoms with E-state index in [4.69, 9.17) is 0 Å². The van der Waals surface area contributed by atoms with Crippen molar-refractivity contribution < 1.29 is 4.39 Å². The predicted octanol–water partition coefficient (Wildman–Crippen LogP) is 1.84. The molecule has 1 heterocycles. The summed E-state index contributed by atoms with van der Waals surface area (Å²) in [5, 5.41) is 3.13. The first-order chi connectivity index (χ1) is 7.36. The topological polar surface area (TPSA) is 40.7 Å². The maximum atomic E-state index is 13.2. The van der Waals surface area contributed by atoms with Crippen LogP contribution in [0.5, 0.6) is 0 Å². The number of benzene rings is 1. The highest BCUT2D eigenvalue weighted by Crippen LogP contribution is 2.05. The quantitative estimate of drug-likeness (QED) is 0.799. The fraction of sp³-hybridized carbons (Fsp3) is 0.182. The lowest BCUT2D eigenvalue weighted by atomic mass is 10.2. The fourth-order valence-electron chi connectivity index (χ4n) is 1.35. The Morgan fingerprint density at radius 3 is 2.87 bits per heavy atom. The van der Waals surface area contributed by atoms with Crippen LogP contribution in [-0.2, 0) is 13.1 Å². The number of rotatable bonds is 4. The van der Waals surface area contributed by atoms with E-state index >= 15 is 0 Å². The maximum absolute atomic E-state index is 13.2. The van der Waals surface area contributed by atoms with Gasteiger partial charge in [-0.25, -0.2) is 9.37 Å². The molecule has 0 saturated heterocycles. The van der Waals surface area contributed by atoms with Gasteiger partial charge in [0.25, 0.3) is 0 Å². The Bertz CT molecular complexity index is 412. The Morgan fingerprint density at radius 1 is 1.27 bits per heavy atom. The second-order valence-corrected chi connectivity index (χ2v) is 3.27. The molecule has 1 aromatic heterocycles. The smallest absolute Gasteiger partial charge is 0.127 e. The van der Waals surface area contributed by atoms with Gasteiger partial charge in [0.15, 0.2) is 0 Å². The second-order valence-electron chi connectivity index (χ2n) is 3.27. The van der Waals surface area contributed by atoms with Crippen molar-refractivity contribution in [2.24, 2.45) is 0 Å². The monoisotopic (exact) mass is 205 g/mol. The number of aromatic amines is 1. The standard InChI is InChI=1S/C11H12FN3/c12-11-4-2-1-3-9(11)5-13-6-10-7-14-8-15-10/h1-4,7-8,13H,5-6H2,(H,14,15). The van der Waals surface area contributed by atoms with Crippen LogP contribution in [0.1, 0.15) is 11.3 Å². The molecule has 4 heteroatoms. The van der Waals surface area contributed by atoms with Gasteiger partial charge >= 0.3 is 0 Å². The third-order valence-electron chi connectivity index (χ3n) is 2.14. The van der Waals surface area contributed by atoms with Crippen molar-refractivity contribution in [2.75, 3.05) is 0 Å². The van der Waals surface area contributed by atoms with Gasteiger partial charge in [-0.2, -0.15) is 0 Å². The normalized spacial score (nSPS) is 10.5. The van der Waals surface area contributed by atoms with Gasteiger partial charge in [0.2, 0.25) is 0 Å². The van der Waals surface area contributed by atoms with Gasteiger partial charge in [0.05, 0.1) is 6.33 Å². The molecule has 0 fully saturated rings. The summed E-state index contributed by atoms with van der Waals surface area (Å²) in [6.45, 7) is 1.18. The minimum atomic E-state index is -0.172. The first-order valence-electron chi connectivity index (χ1n) is 4.77. The van der Waals surface area contributed by atoms with Crippen LogP contribution in [0, 0.1) is 5.82 Å². The molecule has 15 heavy (non-hydrogen) atoms. The largest absolute Gasteiger partial charge is 0.347 e. The molecule has 0 saturated carbocycles. The molecule has 0 aliphatic heterocycles. The molecule has 2 rings (SSSR count). The SMILES string of the molecule is Fc1ccccc1CNCc1cnc[nH]1. The zero-order chi connectivity index (χ0) is 10.5. The number of aromatic nitrogens is 2. The van der Waals surface area contributed by atoms with Crippen molar-refractivity contribution in [3.05, 3.63) is 53.9 Å². The number of hydrogen-bond donors (Lipinski definition) is 2. The average Bonchev–Trinajstić information content (AvgIpc) is 2.74. The van der Waals surface area contributed by atoms with Crippen LogP contribution in [0.15, 0.2) is 36.8 Å². The molecule has 78 valence electrons. The van der Waals surface area contributed by atoms with Crippen LogP contribution in [0.2, 0.25) is 0 Å². The van der Waals surface area contributed by atoms with E-state index in [1.165, 1.54) is 6.07 Å². The number of hydrogen-bond acceptors (Lipinski definition) is 2. The Kier molecular flexibility index (Phi) is 3.09. The second kappa shape index (κ2) is 4.70. The molecule has 2 aromatic rings. The highest BCUT2D eigenvalue weighted by atomic mass is 19.1. The lowest BCUT2D eigenvalue weighted by Crippen LogP contribution is -2.13. The Balaban J connectivity index is 1.86. The minimum absolute atomic E-state index is 0.172. The highest BCUT2D eigenvalue weighted by molar-refractivity contribution is 5.16. The van der Waals surface area contributed by atoms with Crippen molar-refractivity contribution in [3.8, 4) is 0 Å². The summed E-state index contributed by atoms with van der Waals surface area (Å²) in [7, 11) is 0. The molecule has 2 N–H and O–H groups in total. The molecule has 0 aliphatic rings. The van der Waals surface area contributed by atoms with Gasteiger partial charge in [-0.05, 0) is 6.07 Å². The third kappa shape index (κ3) is 2.63. The van der Waals surface area contributed by atoms with Crippen LogP contribution in [0.25, 0.3) is 0 Å². The average molecular weight is 205 g/mol. The van der Waals surface area contributed by atoms with Gasteiger partial charge in [0.1, 0.15) is 5.82 Å². The van der Waals surface area contributed by atoms with E-state index in [-0.39, 0.29) is 5.82 Å². The van der Waals surface area contributed by atoms with E-state index in [0.717, 1.165) is 5.69 Å². The molecule has 0 spiro atoms. The van der Waals surface area contributed by atoms with Crippen molar-refractivity contribution in [1.29, 1.82) is 0 Å². The Labute approximate surface area is 87.4 Å². The molecule has 0 atom stereocenters. The molecule has 1 aromatic carbocycles. The number of H-pyrrole nitrogens is 1. The third-order valence-corrected chi connectivity index (χ3v) is 2.14. The van der Waals surface area contributed by atoms with E-state index in [0.29, 0.717) is 18.7 Å². The molecular weight excluding hydrogens is 193 g/mol. The lowest BCUT2D eigenvalue weighted by molar-refractivity contribution is 0.586. The summed E-state index contributed by atoms with van der Waals surface area (Å²) in [6.07, 6.45) is 3.37. The zero-order valence-electron chi connectivity index (χ0n) is 8.20. The molecule has 0 radical (unpaired) electrons. The Hall–Kier alpha value is -1.68. The van der Waals surface area contributed by atoms with E-state index in [9.17, 15) is 4.39 Å². The fourth-order valence-corrected chi connectivity index (χ4v) is 1.35. The van der Waals surface area contributed by atoms with Crippen LogP contribution >= 0.6 is 0 Å². The van der Waals surface area contributed by atoms with Gasteiger partial charge in [-0.3, -0.25) is 0 Å². The van der Waals surface area contributed by atoms with Crippen molar-refractivity contribution >= 4 is 0 Å². The number of nitrogens with zero attached hydrogens (tertiary/aromatic N) is 1. The van der Waals surface area contributed by atoms with E-state index in [1.807, 2.05) is 6.07 Å². The molecule has 3 nitrogen and oxygen atoms in total. The summed E-state index contributed by atoms with van der Waals surface area (Å²) in [4.78, 5) is 6.87. The molecule has 0 unspecified atom stereocenters. The predicted molar refractivity (Wildman–Crippen MR) is 55.5 cm³/mol. The molecule has 0 aliphatic carbocycles. The number of halogens is 1. The van der Waals surface area contributed by atoms with Crippen molar-refractivity contribution in [1.82, 2.24) is 15.3 Å².